The summed E-state index contributed by atoms with van der Waals surface area (Å²) < 4.78 is 0. The number of alkyl halides is 1. The fourth-order valence-corrected chi connectivity index (χ4v) is 2.66. The van der Waals surface area contributed by atoms with E-state index in [0.29, 0.717) is 4.83 Å². The van der Waals surface area contributed by atoms with Gasteiger partial charge in [0, 0.05) is 9.85 Å². The molecule has 14 heavy (non-hydrogen) atoms. The molecule has 0 N–H and O–H groups in total. The Labute approximate surface area is 98.8 Å². The molecule has 1 aliphatic carbocycles. The van der Waals surface area contributed by atoms with Crippen molar-refractivity contribution in [3.63, 3.8) is 0 Å². The Bertz CT molecular complexity index is 307. The van der Waals surface area contributed by atoms with Crippen LogP contribution in [0.4, 0.5) is 0 Å². The van der Waals surface area contributed by atoms with Crippen LogP contribution < -0.4 is 0 Å². The zero-order valence-electron chi connectivity index (χ0n) is 8.05. The second-order valence-corrected chi connectivity index (χ2v) is 5.63. The summed E-state index contributed by atoms with van der Waals surface area (Å²) >= 11 is 9.67. The highest BCUT2D eigenvalue weighted by Crippen LogP contribution is 2.38. The molecule has 1 aliphatic rings. The summed E-state index contributed by atoms with van der Waals surface area (Å²) in [7, 11) is 0. The molecular formula is C12H14BrCl. The molecule has 0 nitrogen and oxygen atoms in total. The first kappa shape index (κ1) is 10.5. The number of benzene rings is 1. The van der Waals surface area contributed by atoms with E-state index in [-0.39, 0.29) is 0 Å². The van der Waals surface area contributed by atoms with Gasteiger partial charge in [0.15, 0.2) is 0 Å². The summed E-state index contributed by atoms with van der Waals surface area (Å²) in [6.45, 7) is 0. The molecule has 0 spiro atoms. The topological polar surface area (TPSA) is 0 Å². The first-order valence-corrected chi connectivity index (χ1v) is 6.43. The highest BCUT2D eigenvalue weighted by molar-refractivity contribution is 9.09. The molecule has 2 heteroatoms. The zero-order chi connectivity index (χ0) is 9.97. The molecule has 1 atom stereocenters. The lowest BCUT2D eigenvalue weighted by Gasteiger charge is -2.07. The van der Waals surface area contributed by atoms with Gasteiger partial charge in [0.2, 0.25) is 0 Å². The molecule has 0 aliphatic heterocycles. The minimum Gasteiger partial charge on any atom is -0.0888 e. The van der Waals surface area contributed by atoms with E-state index in [0.717, 1.165) is 17.4 Å². The van der Waals surface area contributed by atoms with Gasteiger partial charge >= 0.3 is 0 Å². The maximum atomic E-state index is 5.92. The molecule has 0 bridgehead atoms. The van der Waals surface area contributed by atoms with Crippen LogP contribution in [0.1, 0.15) is 24.8 Å². The first-order chi connectivity index (χ1) is 6.75. The largest absolute Gasteiger partial charge is 0.0888 e. The third-order valence-corrected chi connectivity index (χ3v) is 4.17. The number of rotatable bonds is 4. The molecule has 76 valence electrons. The Morgan fingerprint density at radius 2 is 2.21 bits per heavy atom. The summed E-state index contributed by atoms with van der Waals surface area (Å²) in [6.07, 6.45) is 5.18. The molecule has 0 heterocycles. The van der Waals surface area contributed by atoms with E-state index >= 15 is 0 Å². The molecule has 2 rings (SSSR count). The normalized spacial score (nSPS) is 18.1. The molecule has 1 saturated carbocycles. The molecule has 0 saturated heterocycles. The van der Waals surface area contributed by atoms with Gasteiger partial charge < -0.3 is 0 Å². The average molecular weight is 274 g/mol. The van der Waals surface area contributed by atoms with Crippen LogP contribution in [0.3, 0.4) is 0 Å². The van der Waals surface area contributed by atoms with Crippen molar-refractivity contribution in [2.45, 2.75) is 30.5 Å². The van der Waals surface area contributed by atoms with Crippen molar-refractivity contribution in [3.05, 3.63) is 34.9 Å². The van der Waals surface area contributed by atoms with Crippen molar-refractivity contribution >= 4 is 27.5 Å². The van der Waals surface area contributed by atoms with E-state index < -0.39 is 0 Å². The SMILES string of the molecule is Clc1cccc(CCC(Br)C2CC2)c1. The quantitative estimate of drug-likeness (QED) is 0.711. The summed E-state index contributed by atoms with van der Waals surface area (Å²) in [6, 6.07) is 8.17. The van der Waals surface area contributed by atoms with Gasteiger partial charge in [-0.25, -0.2) is 0 Å². The maximum Gasteiger partial charge on any atom is 0.0408 e. The molecule has 0 radical (unpaired) electrons. The van der Waals surface area contributed by atoms with E-state index in [1.54, 1.807) is 0 Å². The van der Waals surface area contributed by atoms with Gasteiger partial charge in [-0.2, -0.15) is 0 Å². The van der Waals surface area contributed by atoms with E-state index in [9.17, 15) is 0 Å². The number of halogens is 2. The molecule has 0 amide bonds. The van der Waals surface area contributed by atoms with Crippen LogP contribution in [0.5, 0.6) is 0 Å². The fraction of sp³-hybridized carbons (Fsp3) is 0.500. The van der Waals surface area contributed by atoms with E-state index in [2.05, 4.69) is 28.1 Å². The summed E-state index contributed by atoms with van der Waals surface area (Å²) in [5.74, 6) is 0.939. The maximum absolute atomic E-state index is 5.92. The van der Waals surface area contributed by atoms with Crippen molar-refractivity contribution in [1.82, 2.24) is 0 Å². The summed E-state index contributed by atoms with van der Waals surface area (Å²) in [5, 5.41) is 0.847. The van der Waals surface area contributed by atoms with E-state index in [1.807, 2.05) is 12.1 Å². The van der Waals surface area contributed by atoms with Gasteiger partial charge in [-0.15, -0.1) is 0 Å². The predicted molar refractivity (Wildman–Crippen MR) is 65.2 cm³/mol. The second kappa shape index (κ2) is 4.67. The van der Waals surface area contributed by atoms with Crippen molar-refractivity contribution < 1.29 is 0 Å². The molecule has 0 aromatic heterocycles. The van der Waals surface area contributed by atoms with Crippen molar-refractivity contribution in [2.24, 2.45) is 5.92 Å². The molecule has 1 fully saturated rings. The van der Waals surface area contributed by atoms with Crippen molar-refractivity contribution in [3.8, 4) is 0 Å². The van der Waals surface area contributed by atoms with E-state index in [4.69, 9.17) is 11.6 Å². The van der Waals surface area contributed by atoms with Crippen LogP contribution in [0.15, 0.2) is 24.3 Å². The average Bonchev–Trinajstić information content (AvgIpc) is 2.97. The zero-order valence-corrected chi connectivity index (χ0v) is 10.4. The van der Waals surface area contributed by atoms with Gasteiger partial charge in [0.25, 0.3) is 0 Å². The van der Waals surface area contributed by atoms with Gasteiger partial charge in [0.1, 0.15) is 0 Å². The Balaban J connectivity index is 1.84. The monoisotopic (exact) mass is 272 g/mol. The lowest BCUT2D eigenvalue weighted by molar-refractivity contribution is 0.696. The first-order valence-electron chi connectivity index (χ1n) is 5.14. The van der Waals surface area contributed by atoms with Crippen molar-refractivity contribution in [2.75, 3.05) is 0 Å². The van der Waals surface area contributed by atoms with Gasteiger partial charge in [-0.05, 0) is 49.3 Å². The minimum absolute atomic E-state index is 0.710. The number of aryl methyl sites for hydroxylation is 1. The highest BCUT2D eigenvalue weighted by Gasteiger charge is 2.28. The summed E-state index contributed by atoms with van der Waals surface area (Å²) in [4.78, 5) is 0.710. The Hall–Kier alpha value is -0.0100. The Morgan fingerprint density at radius 1 is 1.43 bits per heavy atom. The fourth-order valence-electron chi connectivity index (χ4n) is 1.69. The lowest BCUT2D eigenvalue weighted by Crippen LogP contribution is -2.02. The minimum atomic E-state index is 0.710. The van der Waals surface area contributed by atoms with Gasteiger partial charge in [-0.1, -0.05) is 39.7 Å². The van der Waals surface area contributed by atoms with E-state index in [1.165, 1.54) is 24.8 Å². The predicted octanol–water partition coefficient (Wildman–Crippen LogP) is 4.45. The Morgan fingerprint density at radius 3 is 2.86 bits per heavy atom. The number of hydrogen-bond acceptors (Lipinski definition) is 0. The molecular weight excluding hydrogens is 259 g/mol. The van der Waals surface area contributed by atoms with Gasteiger partial charge in [-0.3, -0.25) is 0 Å². The molecule has 1 unspecified atom stereocenters. The standard InChI is InChI=1S/C12H14BrCl/c13-12(10-5-6-10)7-4-9-2-1-3-11(14)8-9/h1-3,8,10,12H,4-7H2. The Kier molecular flexibility index (Phi) is 3.51. The van der Waals surface area contributed by atoms with Crippen LogP contribution in [0.25, 0.3) is 0 Å². The number of hydrogen-bond donors (Lipinski definition) is 0. The van der Waals surface area contributed by atoms with Crippen LogP contribution in [0.2, 0.25) is 5.02 Å². The third-order valence-electron chi connectivity index (χ3n) is 2.73. The smallest absolute Gasteiger partial charge is 0.0408 e. The van der Waals surface area contributed by atoms with Crippen molar-refractivity contribution in [1.29, 1.82) is 0 Å². The molecule has 1 aromatic carbocycles. The molecule has 1 aromatic rings. The van der Waals surface area contributed by atoms with Crippen LogP contribution in [0, 0.1) is 5.92 Å². The highest BCUT2D eigenvalue weighted by atomic mass is 79.9. The van der Waals surface area contributed by atoms with Gasteiger partial charge in [0.05, 0.1) is 0 Å². The lowest BCUT2D eigenvalue weighted by atomic mass is 10.1. The van der Waals surface area contributed by atoms with Crippen LogP contribution >= 0.6 is 27.5 Å². The summed E-state index contributed by atoms with van der Waals surface area (Å²) in [5.41, 5.74) is 1.35. The second-order valence-electron chi connectivity index (χ2n) is 4.02. The van der Waals surface area contributed by atoms with Crippen LogP contribution in [-0.2, 0) is 6.42 Å². The third kappa shape index (κ3) is 2.99. The van der Waals surface area contributed by atoms with Crippen LogP contribution in [-0.4, -0.2) is 4.83 Å².